The lowest BCUT2D eigenvalue weighted by atomic mass is 10.1. The number of carbonyl (C=O) groups excluding carboxylic acids is 3. The lowest BCUT2D eigenvalue weighted by Crippen LogP contribution is -2.49. The number of thiophene rings is 1. The van der Waals surface area contributed by atoms with Gasteiger partial charge in [-0.3, -0.25) is 24.5 Å². The second-order valence-corrected chi connectivity index (χ2v) is 12.0. The highest BCUT2D eigenvalue weighted by Crippen LogP contribution is 2.35. The molecule has 45 heavy (non-hydrogen) atoms. The summed E-state index contributed by atoms with van der Waals surface area (Å²) in [6.07, 6.45) is 3.93. The first-order chi connectivity index (χ1) is 21.8. The fourth-order valence-electron chi connectivity index (χ4n) is 5.49. The first-order valence-electron chi connectivity index (χ1n) is 14.5. The van der Waals surface area contributed by atoms with E-state index in [0.29, 0.717) is 30.9 Å². The number of nitrogens with zero attached hydrogens (tertiary/aromatic N) is 3. The predicted octanol–water partition coefficient (Wildman–Crippen LogP) is 2.33. The van der Waals surface area contributed by atoms with Gasteiger partial charge >= 0.3 is 0 Å². The number of benzene rings is 2. The van der Waals surface area contributed by atoms with Gasteiger partial charge < -0.3 is 30.7 Å². The Kier molecular flexibility index (Phi) is 8.74. The highest BCUT2D eigenvalue weighted by molar-refractivity contribution is 7.10. The zero-order valence-corrected chi connectivity index (χ0v) is 25.2. The Morgan fingerprint density at radius 3 is 2.49 bits per heavy atom. The molecule has 2 fully saturated rings. The van der Waals surface area contributed by atoms with Crippen molar-refractivity contribution in [2.24, 2.45) is 5.73 Å². The maximum absolute atomic E-state index is 13.3. The van der Waals surface area contributed by atoms with E-state index in [0.717, 1.165) is 21.6 Å². The van der Waals surface area contributed by atoms with Gasteiger partial charge in [0.25, 0.3) is 5.91 Å². The minimum absolute atomic E-state index is 0.0432. The fraction of sp³-hybridized carbons (Fsp3) is 0.281. The Labute approximate surface area is 263 Å². The van der Waals surface area contributed by atoms with E-state index in [2.05, 4.69) is 15.7 Å². The quantitative estimate of drug-likeness (QED) is 0.155. The molecule has 2 saturated heterocycles. The zero-order chi connectivity index (χ0) is 31.4. The molecule has 0 radical (unpaired) electrons. The lowest BCUT2D eigenvalue weighted by molar-refractivity contribution is -0.152. The zero-order valence-electron chi connectivity index (χ0n) is 24.4. The van der Waals surface area contributed by atoms with Crippen molar-refractivity contribution in [1.29, 1.82) is 5.41 Å². The van der Waals surface area contributed by atoms with Crippen LogP contribution in [0.4, 0.5) is 0 Å². The molecule has 0 bridgehead atoms. The number of likely N-dealkylation sites (tertiary alicyclic amines) is 1. The van der Waals surface area contributed by atoms with E-state index >= 15 is 0 Å². The van der Waals surface area contributed by atoms with Crippen LogP contribution in [0.1, 0.15) is 32.8 Å². The lowest BCUT2D eigenvalue weighted by Gasteiger charge is -2.24. The van der Waals surface area contributed by atoms with Crippen LogP contribution in [0.15, 0.2) is 78.4 Å². The van der Waals surface area contributed by atoms with Crippen LogP contribution in [0, 0.1) is 5.41 Å². The van der Waals surface area contributed by atoms with Gasteiger partial charge in [0.1, 0.15) is 11.9 Å². The largest absolute Gasteiger partial charge is 0.384 e. The first kappa shape index (κ1) is 30.2. The molecular formula is C32H33N7O5S. The summed E-state index contributed by atoms with van der Waals surface area (Å²) in [5, 5.41) is 19.3. The molecule has 2 aromatic heterocycles. The number of carbonyl (C=O) groups is 3. The van der Waals surface area contributed by atoms with Crippen molar-refractivity contribution in [3.05, 3.63) is 100 Å². The van der Waals surface area contributed by atoms with E-state index in [1.807, 2.05) is 53.3 Å². The highest BCUT2D eigenvalue weighted by Gasteiger charge is 2.52. The molecule has 0 saturated carbocycles. The van der Waals surface area contributed by atoms with Crippen LogP contribution >= 0.6 is 11.3 Å². The summed E-state index contributed by atoms with van der Waals surface area (Å²) in [5.74, 6) is -2.27. The van der Waals surface area contributed by atoms with Gasteiger partial charge in [-0.2, -0.15) is 5.10 Å². The summed E-state index contributed by atoms with van der Waals surface area (Å²) in [7, 11) is 0. The van der Waals surface area contributed by atoms with E-state index < -0.39 is 23.6 Å². The van der Waals surface area contributed by atoms with Crippen LogP contribution in [-0.4, -0.2) is 76.4 Å². The third kappa shape index (κ3) is 6.95. The Morgan fingerprint density at radius 1 is 1.02 bits per heavy atom. The minimum atomic E-state index is -1.04. The van der Waals surface area contributed by atoms with Gasteiger partial charge in [-0.15, -0.1) is 11.3 Å². The van der Waals surface area contributed by atoms with Crippen LogP contribution in [-0.2, 0) is 32.2 Å². The molecule has 232 valence electrons. The van der Waals surface area contributed by atoms with Crippen molar-refractivity contribution in [2.45, 2.75) is 31.3 Å². The smallest absolute Gasteiger partial charge is 0.251 e. The number of amidine groups is 1. The Morgan fingerprint density at radius 2 is 1.78 bits per heavy atom. The summed E-state index contributed by atoms with van der Waals surface area (Å²) in [5.41, 5.74) is 9.52. The maximum atomic E-state index is 13.3. The highest BCUT2D eigenvalue weighted by atomic mass is 32.1. The summed E-state index contributed by atoms with van der Waals surface area (Å²) in [6, 6.07) is 18.1. The Bertz CT molecular complexity index is 1700. The van der Waals surface area contributed by atoms with E-state index in [4.69, 9.17) is 20.6 Å². The van der Waals surface area contributed by atoms with Crippen LogP contribution in [0.2, 0.25) is 0 Å². The SMILES string of the molecule is N=C(N)c1csc(CNC(=O)[C@@H]2CC3(CN2C(=O)CNC(=O)c2ccc(-c4cnn(Cc5ccccc5)c4)cc2)OCCO3)c1. The maximum Gasteiger partial charge on any atom is 0.251 e. The molecule has 0 unspecified atom stereocenters. The van der Waals surface area contributed by atoms with E-state index in [-0.39, 0.29) is 37.8 Å². The Balaban J connectivity index is 1.05. The fourth-order valence-corrected chi connectivity index (χ4v) is 6.32. The van der Waals surface area contributed by atoms with Crippen molar-refractivity contribution in [3.63, 3.8) is 0 Å². The second-order valence-electron chi connectivity index (χ2n) is 11.0. The van der Waals surface area contributed by atoms with Crippen LogP contribution in [0.3, 0.4) is 0 Å². The third-order valence-corrected chi connectivity index (χ3v) is 8.77. The molecule has 1 atom stereocenters. The molecule has 4 heterocycles. The Hall–Kier alpha value is -4.85. The minimum Gasteiger partial charge on any atom is -0.384 e. The van der Waals surface area contributed by atoms with Gasteiger partial charge in [-0.1, -0.05) is 42.5 Å². The number of aromatic nitrogens is 2. The van der Waals surface area contributed by atoms with Crippen molar-refractivity contribution in [1.82, 2.24) is 25.3 Å². The third-order valence-electron chi connectivity index (χ3n) is 7.83. The number of nitrogens with two attached hydrogens (primary N) is 1. The molecule has 6 rings (SSSR count). The average Bonchev–Trinajstić information content (AvgIpc) is 3.87. The van der Waals surface area contributed by atoms with E-state index in [9.17, 15) is 14.4 Å². The second kappa shape index (κ2) is 13.0. The van der Waals surface area contributed by atoms with Crippen molar-refractivity contribution >= 4 is 34.9 Å². The molecular weight excluding hydrogens is 594 g/mol. The van der Waals surface area contributed by atoms with E-state index in [1.165, 1.54) is 16.2 Å². The average molecular weight is 628 g/mol. The van der Waals surface area contributed by atoms with Crippen molar-refractivity contribution in [2.75, 3.05) is 26.3 Å². The van der Waals surface area contributed by atoms with Crippen LogP contribution in [0.5, 0.6) is 0 Å². The number of nitrogens with one attached hydrogen (secondary N) is 3. The molecule has 12 nitrogen and oxygen atoms in total. The normalized spacial score (nSPS) is 17.0. The summed E-state index contributed by atoms with van der Waals surface area (Å²) in [4.78, 5) is 41.8. The molecule has 13 heteroatoms. The number of hydrogen-bond donors (Lipinski definition) is 4. The molecule has 4 aromatic rings. The molecule has 2 aliphatic rings. The van der Waals surface area contributed by atoms with Gasteiger partial charge in [-0.05, 0) is 29.3 Å². The number of ether oxygens (including phenoxy) is 2. The number of nitrogen functional groups attached to an aromatic ring is 1. The van der Waals surface area contributed by atoms with Crippen molar-refractivity contribution in [3.8, 4) is 11.1 Å². The van der Waals surface area contributed by atoms with Crippen LogP contribution in [0.25, 0.3) is 11.1 Å². The standard InChI is InChI=1S/C32H33N7O5S/c33-29(34)24-12-26(45-19-24)15-35-31(42)27-13-32(43-10-11-44-32)20-39(27)28(40)16-36-30(41)23-8-6-22(7-9-23)25-14-37-38(18-25)17-21-4-2-1-3-5-21/h1-9,12,14,18-19,27H,10-11,13,15-17,20H2,(H3,33,34)(H,35,42)(H,36,41)/t27-/m0/s1. The monoisotopic (exact) mass is 627 g/mol. The first-order valence-corrected chi connectivity index (χ1v) is 15.4. The predicted molar refractivity (Wildman–Crippen MR) is 167 cm³/mol. The molecule has 1 spiro atoms. The number of rotatable bonds is 10. The van der Waals surface area contributed by atoms with E-state index in [1.54, 1.807) is 29.8 Å². The molecule has 3 amide bonds. The van der Waals surface area contributed by atoms with Gasteiger partial charge in [0.15, 0.2) is 5.79 Å². The summed E-state index contributed by atoms with van der Waals surface area (Å²) >= 11 is 1.38. The summed E-state index contributed by atoms with van der Waals surface area (Å²) in [6.45, 7) is 1.43. The molecule has 0 aliphatic carbocycles. The molecule has 5 N–H and O–H groups in total. The van der Waals surface area contributed by atoms with Crippen LogP contribution < -0.4 is 16.4 Å². The summed E-state index contributed by atoms with van der Waals surface area (Å²) < 4.78 is 13.5. The molecule has 2 aliphatic heterocycles. The van der Waals surface area contributed by atoms with Gasteiger partial charge in [-0.25, -0.2) is 0 Å². The van der Waals surface area contributed by atoms with Gasteiger partial charge in [0.2, 0.25) is 11.8 Å². The van der Waals surface area contributed by atoms with Gasteiger partial charge in [0, 0.05) is 39.6 Å². The molecule has 2 aromatic carbocycles. The number of amides is 3. The number of hydrogen-bond acceptors (Lipinski definition) is 8. The van der Waals surface area contributed by atoms with Crippen molar-refractivity contribution < 1.29 is 23.9 Å². The topological polar surface area (TPSA) is 165 Å². The van der Waals surface area contributed by atoms with Gasteiger partial charge in [0.05, 0.1) is 45.6 Å².